The molecule has 0 spiro atoms. The Morgan fingerprint density at radius 2 is 1.95 bits per heavy atom. The van der Waals surface area contributed by atoms with E-state index in [1.54, 1.807) is 31.0 Å². The Bertz CT molecular complexity index is 572. The SMILES string of the molecule is CCNCc1ccc(-n2ccc(C(=O)N(C)C)n2)cc1. The molecule has 0 aliphatic carbocycles. The molecule has 1 aromatic carbocycles. The van der Waals surface area contributed by atoms with Crippen molar-refractivity contribution in [3.63, 3.8) is 0 Å². The predicted molar refractivity (Wildman–Crippen MR) is 79.0 cm³/mol. The summed E-state index contributed by atoms with van der Waals surface area (Å²) >= 11 is 0. The van der Waals surface area contributed by atoms with Crippen molar-refractivity contribution in [3.05, 3.63) is 47.8 Å². The Hall–Kier alpha value is -2.14. The maximum absolute atomic E-state index is 11.8. The summed E-state index contributed by atoms with van der Waals surface area (Å²) < 4.78 is 1.72. The largest absolute Gasteiger partial charge is 0.343 e. The number of amides is 1. The van der Waals surface area contributed by atoms with Crippen LogP contribution in [0.25, 0.3) is 5.69 Å². The van der Waals surface area contributed by atoms with E-state index in [1.807, 2.05) is 12.1 Å². The van der Waals surface area contributed by atoms with Gasteiger partial charge in [-0.15, -0.1) is 0 Å². The second kappa shape index (κ2) is 6.34. The molecule has 0 radical (unpaired) electrons. The Kier molecular flexibility index (Phi) is 4.53. The van der Waals surface area contributed by atoms with E-state index in [0.29, 0.717) is 5.69 Å². The molecular formula is C15H20N4O. The fourth-order valence-electron chi connectivity index (χ4n) is 1.85. The van der Waals surface area contributed by atoms with E-state index in [2.05, 4.69) is 29.5 Å². The number of hydrogen-bond acceptors (Lipinski definition) is 3. The van der Waals surface area contributed by atoms with Crippen LogP contribution in [-0.4, -0.2) is 41.2 Å². The van der Waals surface area contributed by atoms with Crippen LogP contribution in [-0.2, 0) is 6.54 Å². The van der Waals surface area contributed by atoms with Crippen LogP contribution in [0.15, 0.2) is 36.5 Å². The van der Waals surface area contributed by atoms with Crippen molar-refractivity contribution in [1.29, 1.82) is 0 Å². The molecule has 0 bridgehead atoms. The van der Waals surface area contributed by atoms with Crippen LogP contribution in [0.3, 0.4) is 0 Å². The van der Waals surface area contributed by atoms with Gasteiger partial charge in [-0.25, -0.2) is 4.68 Å². The van der Waals surface area contributed by atoms with Crippen LogP contribution < -0.4 is 5.32 Å². The number of aromatic nitrogens is 2. The summed E-state index contributed by atoms with van der Waals surface area (Å²) in [6.45, 7) is 3.90. The van der Waals surface area contributed by atoms with Gasteiger partial charge in [-0.1, -0.05) is 19.1 Å². The second-order valence-corrected chi connectivity index (χ2v) is 4.79. The zero-order valence-corrected chi connectivity index (χ0v) is 12.1. The molecule has 1 N–H and O–H groups in total. The molecule has 2 aromatic rings. The van der Waals surface area contributed by atoms with Gasteiger partial charge in [-0.3, -0.25) is 4.79 Å². The molecule has 0 aliphatic heterocycles. The summed E-state index contributed by atoms with van der Waals surface area (Å²) in [4.78, 5) is 13.3. The van der Waals surface area contributed by atoms with E-state index in [4.69, 9.17) is 0 Å². The number of hydrogen-bond donors (Lipinski definition) is 1. The minimum Gasteiger partial charge on any atom is -0.343 e. The summed E-state index contributed by atoms with van der Waals surface area (Å²) in [7, 11) is 3.44. The molecule has 20 heavy (non-hydrogen) atoms. The van der Waals surface area contributed by atoms with Crippen LogP contribution in [0.1, 0.15) is 23.0 Å². The lowest BCUT2D eigenvalue weighted by Gasteiger charge is -2.07. The van der Waals surface area contributed by atoms with E-state index >= 15 is 0 Å². The van der Waals surface area contributed by atoms with E-state index < -0.39 is 0 Å². The molecule has 0 atom stereocenters. The summed E-state index contributed by atoms with van der Waals surface area (Å²) in [5.74, 6) is -0.0903. The van der Waals surface area contributed by atoms with Crippen molar-refractivity contribution < 1.29 is 4.79 Å². The quantitative estimate of drug-likeness (QED) is 0.901. The average Bonchev–Trinajstić information content (AvgIpc) is 2.94. The molecule has 0 saturated carbocycles. The molecule has 0 unspecified atom stereocenters. The van der Waals surface area contributed by atoms with Gasteiger partial charge in [0, 0.05) is 26.8 Å². The van der Waals surface area contributed by atoms with Crippen molar-refractivity contribution in [2.75, 3.05) is 20.6 Å². The van der Waals surface area contributed by atoms with Gasteiger partial charge in [-0.05, 0) is 30.3 Å². The van der Waals surface area contributed by atoms with Gasteiger partial charge < -0.3 is 10.2 Å². The third-order valence-electron chi connectivity index (χ3n) is 2.99. The van der Waals surface area contributed by atoms with Crippen molar-refractivity contribution in [2.45, 2.75) is 13.5 Å². The monoisotopic (exact) mass is 272 g/mol. The highest BCUT2D eigenvalue weighted by molar-refractivity contribution is 5.91. The highest BCUT2D eigenvalue weighted by atomic mass is 16.2. The first-order valence-electron chi connectivity index (χ1n) is 6.69. The molecule has 5 nitrogen and oxygen atoms in total. The molecule has 0 fully saturated rings. The minimum absolute atomic E-state index is 0.0903. The van der Waals surface area contributed by atoms with Gasteiger partial charge in [0.1, 0.15) is 0 Å². The van der Waals surface area contributed by atoms with Crippen molar-refractivity contribution in [2.24, 2.45) is 0 Å². The van der Waals surface area contributed by atoms with Crippen molar-refractivity contribution in [1.82, 2.24) is 20.0 Å². The molecule has 0 aliphatic rings. The van der Waals surface area contributed by atoms with Crippen LogP contribution >= 0.6 is 0 Å². The van der Waals surface area contributed by atoms with Crippen LogP contribution in [0.5, 0.6) is 0 Å². The maximum Gasteiger partial charge on any atom is 0.273 e. The molecule has 106 valence electrons. The van der Waals surface area contributed by atoms with Gasteiger partial charge in [0.2, 0.25) is 0 Å². The molecular weight excluding hydrogens is 252 g/mol. The second-order valence-electron chi connectivity index (χ2n) is 4.79. The third-order valence-corrected chi connectivity index (χ3v) is 2.99. The number of benzene rings is 1. The van der Waals surface area contributed by atoms with Gasteiger partial charge >= 0.3 is 0 Å². The first-order valence-corrected chi connectivity index (χ1v) is 6.69. The van der Waals surface area contributed by atoms with E-state index in [1.165, 1.54) is 10.5 Å². The van der Waals surface area contributed by atoms with Crippen molar-refractivity contribution >= 4 is 5.91 Å². The number of carbonyl (C=O) groups excluding carboxylic acids is 1. The van der Waals surface area contributed by atoms with Crippen LogP contribution in [0.2, 0.25) is 0 Å². The highest BCUT2D eigenvalue weighted by Gasteiger charge is 2.11. The third kappa shape index (κ3) is 3.24. The van der Waals surface area contributed by atoms with Crippen LogP contribution in [0, 0.1) is 0 Å². The topological polar surface area (TPSA) is 50.2 Å². The number of nitrogens with zero attached hydrogens (tertiary/aromatic N) is 3. The highest BCUT2D eigenvalue weighted by Crippen LogP contribution is 2.10. The van der Waals surface area contributed by atoms with Gasteiger partial charge in [-0.2, -0.15) is 5.10 Å². The zero-order valence-electron chi connectivity index (χ0n) is 12.1. The minimum atomic E-state index is -0.0903. The van der Waals surface area contributed by atoms with E-state index in [0.717, 1.165) is 18.8 Å². The molecule has 2 rings (SSSR count). The van der Waals surface area contributed by atoms with Crippen molar-refractivity contribution in [3.8, 4) is 5.69 Å². The van der Waals surface area contributed by atoms with Crippen LogP contribution in [0.4, 0.5) is 0 Å². The number of carbonyl (C=O) groups is 1. The van der Waals surface area contributed by atoms with Gasteiger partial charge in [0.15, 0.2) is 5.69 Å². The number of nitrogens with one attached hydrogen (secondary N) is 1. The fourth-order valence-corrected chi connectivity index (χ4v) is 1.85. The van der Waals surface area contributed by atoms with E-state index in [-0.39, 0.29) is 5.91 Å². The zero-order chi connectivity index (χ0) is 14.5. The van der Waals surface area contributed by atoms with Gasteiger partial charge in [0.05, 0.1) is 5.69 Å². The summed E-state index contributed by atoms with van der Waals surface area (Å²) in [6, 6.07) is 9.86. The maximum atomic E-state index is 11.8. The van der Waals surface area contributed by atoms with E-state index in [9.17, 15) is 4.79 Å². The Morgan fingerprint density at radius 1 is 1.25 bits per heavy atom. The first-order chi connectivity index (χ1) is 9.61. The van der Waals surface area contributed by atoms with Gasteiger partial charge in [0.25, 0.3) is 5.91 Å². The smallest absolute Gasteiger partial charge is 0.273 e. The summed E-state index contributed by atoms with van der Waals surface area (Å²) in [5.41, 5.74) is 2.63. The summed E-state index contributed by atoms with van der Waals surface area (Å²) in [5, 5.41) is 7.59. The lowest BCUT2D eigenvalue weighted by Crippen LogP contribution is -2.22. The fraction of sp³-hybridized carbons (Fsp3) is 0.333. The lowest BCUT2D eigenvalue weighted by atomic mass is 10.2. The summed E-state index contributed by atoms with van der Waals surface area (Å²) in [6.07, 6.45) is 1.80. The molecule has 5 heteroatoms. The molecule has 1 heterocycles. The lowest BCUT2D eigenvalue weighted by molar-refractivity contribution is 0.0821. The first kappa shape index (κ1) is 14.3. The normalized spacial score (nSPS) is 10.6. The number of rotatable bonds is 5. The average molecular weight is 272 g/mol. The molecule has 1 amide bonds. The Balaban J connectivity index is 2.14. The standard InChI is InChI=1S/C15H20N4O/c1-4-16-11-12-5-7-13(8-6-12)19-10-9-14(17-19)15(20)18(2)3/h5-10,16H,4,11H2,1-3H3. The molecule has 1 aromatic heterocycles. The predicted octanol–water partition coefficient (Wildman–Crippen LogP) is 1.68. The molecule has 0 saturated heterocycles. The Morgan fingerprint density at radius 3 is 2.55 bits per heavy atom. The Labute approximate surface area is 119 Å².